The van der Waals surface area contributed by atoms with E-state index < -0.39 is 12.1 Å². The predicted octanol–water partition coefficient (Wildman–Crippen LogP) is 2.30. The van der Waals surface area contributed by atoms with Crippen molar-refractivity contribution in [2.75, 3.05) is 13.6 Å². The zero-order valence-corrected chi connectivity index (χ0v) is 12.5. The van der Waals surface area contributed by atoms with Crippen molar-refractivity contribution in [1.82, 2.24) is 14.5 Å². The first-order valence-electron chi connectivity index (χ1n) is 7.23. The second-order valence-electron chi connectivity index (χ2n) is 6.05. The van der Waals surface area contributed by atoms with E-state index in [9.17, 15) is 13.2 Å². The first-order valence-corrected chi connectivity index (χ1v) is 7.23. The van der Waals surface area contributed by atoms with Gasteiger partial charge in [-0.15, -0.1) is 0 Å². The standard InChI is InChI=1S/C14H23F3N4/c1-20-8-7-19-12(20)9-21(2)13(10-18)5-3-11(4-6-13)14(15,16)17/h7-8,11H,3-6,9-10,18H2,1-2H3. The number of aromatic nitrogens is 2. The number of alkyl halides is 3. The summed E-state index contributed by atoms with van der Waals surface area (Å²) in [5.74, 6) is -0.290. The van der Waals surface area contributed by atoms with Gasteiger partial charge in [-0.1, -0.05) is 0 Å². The summed E-state index contributed by atoms with van der Waals surface area (Å²) in [5, 5.41) is 0. The normalized spacial score (nSPS) is 27.3. The molecule has 4 nitrogen and oxygen atoms in total. The fourth-order valence-electron chi connectivity index (χ4n) is 3.15. The fraction of sp³-hybridized carbons (Fsp3) is 0.786. The summed E-state index contributed by atoms with van der Waals surface area (Å²) in [7, 11) is 3.83. The third-order valence-corrected chi connectivity index (χ3v) is 4.87. The van der Waals surface area contributed by atoms with Crippen LogP contribution in [0.2, 0.25) is 0 Å². The van der Waals surface area contributed by atoms with E-state index in [1.165, 1.54) is 0 Å². The predicted molar refractivity (Wildman–Crippen MR) is 74.5 cm³/mol. The maximum absolute atomic E-state index is 12.8. The smallest absolute Gasteiger partial charge is 0.337 e. The summed E-state index contributed by atoms with van der Waals surface area (Å²) >= 11 is 0. The first-order chi connectivity index (χ1) is 9.78. The molecule has 1 heterocycles. The Morgan fingerprint density at radius 3 is 2.48 bits per heavy atom. The largest absolute Gasteiger partial charge is 0.391 e. The van der Waals surface area contributed by atoms with Crippen molar-refractivity contribution in [3.05, 3.63) is 18.2 Å². The van der Waals surface area contributed by atoms with Crippen LogP contribution in [-0.2, 0) is 13.6 Å². The number of rotatable bonds is 4. The van der Waals surface area contributed by atoms with Crippen LogP contribution >= 0.6 is 0 Å². The Balaban J connectivity index is 2.04. The van der Waals surface area contributed by atoms with Gasteiger partial charge in [-0.05, 0) is 32.7 Å². The summed E-state index contributed by atoms with van der Waals surface area (Å²) in [6.07, 6.45) is 0.775. The highest BCUT2D eigenvalue weighted by Gasteiger charge is 2.46. The van der Waals surface area contributed by atoms with Gasteiger partial charge >= 0.3 is 6.18 Å². The monoisotopic (exact) mass is 304 g/mol. The van der Waals surface area contributed by atoms with E-state index in [1.54, 1.807) is 6.20 Å². The maximum Gasteiger partial charge on any atom is 0.391 e. The Hall–Kier alpha value is -1.08. The lowest BCUT2D eigenvalue weighted by atomic mass is 9.75. The molecule has 0 bridgehead atoms. The number of nitrogens with two attached hydrogens (primary N) is 1. The third kappa shape index (κ3) is 3.40. The quantitative estimate of drug-likeness (QED) is 0.928. The van der Waals surface area contributed by atoms with Crippen LogP contribution in [0.5, 0.6) is 0 Å². The first kappa shape index (κ1) is 16.3. The number of imidazole rings is 1. The molecule has 0 aliphatic heterocycles. The van der Waals surface area contributed by atoms with E-state index in [0.29, 0.717) is 25.9 Å². The second-order valence-corrected chi connectivity index (χ2v) is 6.05. The molecule has 1 aliphatic rings. The zero-order valence-electron chi connectivity index (χ0n) is 12.5. The Bertz CT molecular complexity index is 461. The van der Waals surface area contributed by atoms with E-state index in [0.717, 1.165) is 5.82 Å². The fourth-order valence-corrected chi connectivity index (χ4v) is 3.15. The molecule has 120 valence electrons. The van der Waals surface area contributed by atoms with E-state index >= 15 is 0 Å². The number of aryl methyl sites for hydroxylation is 1. The molecular formula is C14H23F3N4. The van der Waals surface area contributed by atoms with Crippen LogP contribution in [0, 0.1) is 5.92 Å². The van der Waals surface area contributed by atoms with Gasteiger partial charge in [-0.3, -0.25) is 4.90 Å². The van der Waals surface area contributed by atoms with Gasteiger partial charge in [0.2, 0.25) is 0 Å². The zero-order chi connectivity index (χ0) is 15.7. The Kier molecular flexibility index (Phi) is 4.63. The Morgan fingerprint density at radius 2 is 2.05 bits per heavy atom. The molecule has 0 amide bonds. The van der Waals surface area contributed by atoms with Gasteiger partial charge in [0.1, 0.15) is 5.82 Å². The van der Waals surface area contributed by atoms with Gasteiger partial charge in [-0.25, -0.2) is 4.98 Å². The summed E-state index contributed by atoms with van der Waals surface area (Å²) in [5.41, 5.74) is 5.56. The molecule has 1 aromatic heterocycles. The number of hydrogen-bond acceptors (Lipinski definition) is 3. The Labute approximate surface area is 123 Å². The number of hydrogen-bond donors (Lipinski definition) is 1. The van der Waals surface area contributed by atoms with Crippen molar-refractivity contribution < 1.29 is 13.2 Å². The molecule has 0 atom stereocenters. The van der Waals surface area contributed by atoms with E-state index in [4.69, 9.17) is 5.73 Å². The maximum atomic E-state index is 12.8. The number of halogens is 3. The second kappa shape index (κ2) is 5.96. The molecule has 0 aromatic carbocycles. The number of likely N-dealkylation sites (N-methyl/N-ethyl adjacent to an activating group) is 1. The minimum absolute atomic E-state index is 0.158. The van der Waals surface area contributed by atoms with Crippen molar-refractivity contribution >= 4 is 0 Å². The summed E-state index contributed by atoms with van der Waals surface area (Å²) in [6, 6.07) is 0. The molecule has 1 saturated carbocycles. The van der Waals surface area contributed by atoms with Crippen LogP contribution in [0.1, 0.15) is 31.5 Å². The molecule has 2 N–H and O–H groups in total. The molecule has 0 unspecified atom stereocenters. The molecule has 21 heavy (non-hydrogen) atoms. The molecule has 0 saturated heterocycles. The highest BCUT2D eigenvalue weighted by Crippen LogP contribution is 2.42. The molecule has 7 heteroatoms. The molecule has 0 radical (unpaired) electrons. The van der Waals surface area contributed by atoms with Gasteiger partial charge in [0.05, 0.1) is 12.5 Å². The van der Waals surface area contributed by atoms with E-state index in [1.807, 2.05) is 24.9 Å². The van der Waals surface area contributed by atoms with Crippen molar-refractivity contribution in [3.8, 4) is 0 Å². The van der Waals surface area contributed by atoms with E-state index in [-0.39, 0.29) is 18.4 Å². The Morgan fingerprint density at radius 1 is 1.43 bits per heavy atom. The molecule has 1 fully saturated rings. The van der Waals surface area contributed by atoms with Crippen LogP contribution < -0.4 is 5.73 Å². The number of nitrogens with zero attached hydrogens (tertiary/aromatic N) is 3. The van der Waals surface area contributed by atoms with E-state index in [2.05, 4.69) is 9.88 Å². The van der Waals surface area contributed by atoms with Crippen LogP contribution in [-0.4, -0.2) is 39.8 Å². The average Bonchev–Trinajstić information content (AvgIpc) is 2.83. The van der Waals surface area contributed by atoms with Crippen molar-refractivity contribution in [1.29, 1.82) is 0 Å². The molecule has 2 rings (SSSR count). The topological polar surface area (TPSA) is 47.1 Å². The SMILES string of the molecule is CN(Cc1nccn1C)C1(CN)CCC(C(F)(F)F)CC1. The lowest BCUT2D eigenvalue weighted by molar-refractivity contribution is -0.188. The molecular weight excluding hydrogens is 281 g/mol. The van der Waals surface area contributed by atoms with Crippen LogP contribution in [0.25, 0.3) is 0 Å². The lowest BCUT2D eigenvalue weighted by Crippen LogP contribution is -2.54. The average molecular weight is 304 g/mol. The highest BCUT2D eigenvalue weighted by atomic mass is 19.4. The summed E-state index contributed by atoms with van der Waals surface area (Å²) in [6.45, 7) is 0.968. The third-order valence-electron chi connectivity index (χ3n) is 4.87. The van der Waals surface area contributed by atoms with Crippen molar-refractivity contribution in [3.63, 3.8) is 0 Å². The van der Waals surface area contributed by atoms with Gasteiger partial charge in [0, 0.05) is 31.5 Å². The summed E-state index contributed by atoms with van der Waals surface area (Å²) in [4.78, 5) is 6.34. The van der Waals surface area contributed by atoms with Crippen molar-refractivity contribution in [2.45, 2.75) is 43.9 Å². The summed E-state index contributed by atoms with van der Waals surface area (Å²) < 4.78 is 40.3. The minimum atomic E-state index is -4.08. The molecule has 1 aliphatic carbocycles. The van der Waals surface area contributed by atoms with Gasteiger partial charge in [0.25, 0.3) is 0 Å². The van der Waals surface area contributed by atoms with Crippen LogP contribution in [0.3, 0.4) is 0 Å². The minimum Gasteiger partial charge on any atom is -0.337 e. The molecule has 0 spiro atoms. The van der Waals surface area contributed by atoms with Crippen LogP contribution in [0.4, 0.5) is 13.2 Å². The highest BCUT2D eigenvalue weighted by molar-refractivity contribution is 4.99. The van der Waals surface area contributed by atoms with Crippen LogP contribution in [0.15, 0.2) is 12.4 Å². The van der Waals surface area contributed by atoms with Crippen molar-refractivity contribution in [2.24, 2.45) is 18.7 Å². The lowest BCUT2D eigenvalue weighted by Gasteiger charge is -2.46. The molecule has 1 aromatic rings. The van der Waals surface area contributed by atoms with Gasteiger partial charge in [0.15, 0.2) is 0 Å². The van der Waals surface area contributed by atoms with Gasteiger partial charge in [-0.2, -0.15) is 13.2 Å². The van der Waals surface area contributed by atoms with Gasteiger partial charge < -0.3 is 10.3 Å².